The van der Waals surface area contributed by atoms with E-state index >= 15 is 0 Å². The molecule has 2 aliphatic carbocycles. The largest absolute Gasteiger partial charge is 0.248 e. The van der Waals surface area contributed by atoms with Crippen LogP contribution in [-0.2, 0) is 10.8 Å². The summed E-state index contributed by atoms with van der Waals surface area (Å²) in [5.74, 6) is 0. The maximum Gasteiger partial charge on any atom is 0.0719 e. The molecule has 1 heteroatoms. The van der Waals surface area contributed by atoms with Crippen LogP contribution in [0.25, 0.3) is 89.3 Å². The average Bonchev–Trinajstić information content (AvgIpc) is 3.74. The first-order valence-corrected chi connectivity index (χ1v) is 24.4. The molecule has 1 nitrogen and oxygen atoms in total. The summed E-state index contributed by atoms with van der Waals surface area (Å²) in [7, 11) is 0. The Balaban J connectivity index is 0.964. The first kappa shape index (κ1) is 41.5. The quantitative estimate of drug-likeness (QED) is 0.155. The van der Waals surface area contributed by atoms with E-state index in [4.69, 9.17) is 4.98 Å². The zero-order chi connectivity index (χ0) is 46.8. The van der Waals surface area contributed by atoms with Gasteiger partial charge in [-0.15, -0.1) is 0 Å². The van der Waals surface area contributed by atoms with E-state index in [0.29, 0.717) is 0 Å². The molecule has 2 aliphatic rings. The molecular weight excluding hydrogens is 843 g/mol. The zero-order valence-electron chi connectivity index (χ0n) is 39.3. The van der Waals surface area contributed by atoms with Crippen molar-refractivity contribution in [2.45, 2.75) is 24.7 Å². The van der Waals surface area contributed by atoms with Crippen molar-refractivity contribution in [2.24, 2.45) is 0 Å². The lowest BCUT2D eigenvalue weighted by molar-refractivity contribution is 0.563. The molecule has 10 aromatic carbocycles. The van der Waals surface area contributed by atoms with Crippen molar-refractivity contribution in [3.05, 3.63) is 294 Å². The number of hydrogen-bond donors (Lipinski definition) is 0. The Morgan fingerprint density at radius 2 is 0.614 bits per heavy atom. The van der Waals surface area contributed by atoms with E-state index in [0.717, 1.165) is 28.1 Å². The average molecular weight is 892 g/mol. The minimum atomic E-state index is -0.529. The molecule has 1 aromatic heterocycles. The first-order valence-electron chi connectivity index (χ1n) is 24.4. The predicted molar refractivity (Wildman–Crippen MR) is 292 cm³/mol. The highest BCUT2D eigenvalue weighted by molar-refractivity contribution is 5.99. The standard InChI is InChI=1S/C69H49N/c1-68(2)60-27-12-14-29-62(60)69(63-30-15-13-28-61(63)68)59-41-40-55(50-38-34-48(35-39-50)47-32-36-49(37-33-47)54-25-16-24-53(42-54)46-18-6-3-7-19-46)43-58(59)67-57(26-17-31-64(67)69)56-44-65(51-20-8-4-9-21-51)70-66(45-56)52-22-10-5-11-23-52/h3-45H,1-2H3. The van der Waals surface area contributed by atoms with Crippen LogP contribution in [0.4, 0.5) is 0 Å². The molecule has 0 fully saturated rings. The number of hydrogen-bond acceptors (Lipinski definition) is 1. The Morgan fingerprint density at radius 3 is 1.13 bits per heavy atom. The lowest BCUT2D eigenvalue weighted by Gasteiger charge is -2.46. The first-order chi connectivity index (χ1) is 34.4. The molecule has 0 bridgehead atoms. The van der Waals surface area contributed by atoms with Gasteiger partial charge in [0.1, 0.15) is 0 Å². The molecule has 13 rings (SSSR count). The third kappa shape index (κ3) is 6.65. The fraction of sp³-hybridized carbons (Fsp3) is 0.0580. The predicted octanol–water partition coefficient (Wildman–Crippen LogP) is 17.8. The molecule has 0 aliphatic heterocycles. The summed E-state index contributed by atoms with van der Waals surface area (Å²) in [4.78, 5) is 5.31. The number of aromatic nitrogens is 1. The third-order valence-corrected chi connectivity index (χ3v) is 15.2. The highest BCUT2D eigenvalue weighted by Gasteiger charge is 2.53. The van der Waals surface area contributed by atoms with E-state index in [2.05, 4.69) is 275 Å². The molecule has 0 unspecified atom stereocenters. The molecule has 330 valence electrons. The summed E-state index contributed by atoms with van der Waals surface area (Å²) in [6.07, 6.45) is 0. The molecule has 11 aromatic rings. The van der Waals surface area contributed by atoms with Crippen molar-refractivity contribution in [2.75, 3.05) is 0 Å². The molecular formula is C69H49N. The van der Waals surface area contributed by atoms with Crippen molar-refractivity contribution >= 4 is 0 Å². The van der Waals surface area contributed by atoms with E-state index in [1.54, 1.807) is 0 Å². The SMILES string of the molecule is CC1(C)c2ccccc2C2(c3ccc(-c4ccc(-c5ccc(-c6cccc(-c7ccccc7)c6)cc5)cc4)cc3-c3c(-c4cc(-c5ccccc5)nc(-c5ccccc5)c4)cccc32)c2ccccc21. The van der Waals surface area contributed by atoms with Crippen LogP contribution >= 0.6 is 0 Å². The number of rotatable bonds is 7. The summed E-state index contributed by atoms with van der Waals surface area (Å²) < 4.78 is 0. The van der Waals surface area contributed by atoms with Gasteiger partial charge in [0.15, 0.2) is 0 Å². The maximum absolute atomic E-state index is 5.31. The second-order valence-electron chi connectivity index (χ2n) is 19.4. The summed E-state index contributed by atoms with van der Waals surface area (Å²) in [5.41, 5.74) is 26.0. The smallest absolute Gasteiger partial charge is 0.0719 e. The van der Waals surface area contributed by atoms with Crippen LogP contribution in [0, 0.1) is 0 Å². The highest BCUT2D eigenvalue weighted by atomic mass is 14.7. The van der Waals surface area contributed by atoms with E-state index in [9.17, 15) is 0 Å². The summed E-state index contributed by atoms with van der Waals surface area (Å²) in [6, 6.07) is 96.1. The second kappa shape index (κ2) is 16.5. The van der Waals surface area contributed by atoms with Gasteiger partial charge in [-0.05, 0) is 124 Å². The van der Waals surface area contributed by atoms with E-state index in [1.165, 1.54) is 94.6 Å². The molecule has 70 heavy (non-hydrogen) atoms. The minimum absolute atomic E-state index is 0.186. The van der Waals surface area contributed by atoms with Crippen LogP contribution in [0.5, 0.6) is 0 Å². The fourth-order valence-corrected chi connectivity index (χ4v) is 11.8. The number of pyridine rings is 1. The van der Waals surface area contributed by atoms with Gasteiger partial charge in [-0.3, -0.25) is 0 Å². The number of benzene rings is 10. The van der Waals surface area contributed by atoms with E-state index < -0.39 is 5.41 Å². The molecule has 1 spiro atoms. The van der Waals surface area contributed by atoms with Crippen molar-refractivity contribution in [1.29, 1.82) is 0 Å². The van der Waals surface area contributed by atoms with E-state index in [1.807, 2.05) is 0 Å². The van der Waals surface area contributed by atoms with Gasteiger partial charge in [-0.1, -0.05) is 250 Å². The second-order valence-corrected chi connectivity index (χ2v) is 19.4. The van der Waals surface area contributed by atoms with Gasteiger partial charge in [0, 0.05) is 16.5 Å². The van der Waals surface area contributed by atoms with Gasteiger partial charge in [0.25, 0.3) is 0 Å². The highest BCUT2D eigenvalue weighted by Crippen LogP contribution is 2.64. The Labute approximate surface area is 411 Å². The molecule has 1 heterocycles. The monoisotopic (exact) mass is 891 g/mol. The minimum Gasteiger partial charge on any atom is -0.248 e. The van der Waals surface area contributed by atoms with Gasteiger partial charge in [0.2, 0.25) is 0 Å². The van der Waals surface area contributed by atoms with Gasteiger partial charge < -0.3 is 0 Å². The summed E-state index contributed by atoms with van der Waals surface area (Å²) in [5, 5.41) is 0. The molecule has 0 amide bonds. The summed E-state index contributed by atoms with van der Waals surface area (Å²) in [6.45, 7) is 4.79. The van der Waals surface area contributed by atoms with Crippen LogP contribution in [0.15, 0.2) is 261 Å². The summed E-state index contributed by atoms with van der Waals surface area (Å²) >= 11 is 0. The molecule has 0 N–H and O–H groups in total. The van der Waals surface area contributed by atoms with Crippen molar-refractivity contribution in [1.82, 2.24) is 4.98 Å². The van der Waals surface area contributed by atoms with Crippen molar-refractivity contribution < 1.29 is 0 Å². The van der Waals surface area contributed by atoms with Crippen LogP contribution in [0.2, 0.25) is 0 Å². The Kier molecular flexibility index (Phi) is 9.82. The fourth-order valence-electron chi connectivity index (χ4n) is 11.8. The zero-order valence-corrected chi connectivity index (χ0v) is 39.3. The molecule has 0 saturated carbocycles. The number of fused-ring (bicyclic) bond motifs is 9. The third-order valence-electron chi connectivity index (χ3n) is 15.2. The van der Waals surface area contributed by atoms with Crippen LogP contribution < -0.4 is 0 Å². The normalized spacial score (nSPS) is 13.5. The van der Waals surface area contributed by atoms with Gasteiger partial charge >= 0.3 is 0 Å². The van der Waals surface area contributed by atoms with E-state index in [-0.39, 0.29) is 5.41 Å². The van der Waals surface area contributed by atoms with Crippen molar-refractivity contribution in [3.8, 4) is 89.3 Å². The lowest BCUT2D eigenvalue weighted by atomic mass is 9.55. The Bertz CT molecular complexity index is 3650. The van der Waals surface area contributed by atoms with Crippen LogP contribution in [0.3, 0.4) is 0 Å². The Morgan fingerprint density at radius 1 is 0.243 bits per heavy atom. The van der Waals surface area contributed by atoms with Crippen molar-refractivity contribution in [3.63, 3.8) is 0 Å². The molecule has 0 saturated heterocycles. The van der Waals surface area contributed by atoms with Crippen LogP contribution in [0.1, 0.15) is 47.2 Å². The van der Waals surface area contributed by atoms with Gasteiger partial charge in [0.05, 0.1) is 16.8 Å². The maximum atomic E-state index is 5.31. The van der Waals surface area contributed by atoms with Crippen LogP contribution in [-0.4, -0.2) is 4.98 Å². The lowest BCUT2D eigenvalue weighted by Crippen LogP contribution is -2.40. The molecule has 0 atom stereocenters. The Hall–Kier alpha value is -8.65. The van der Waals surface area contributed by atoms with Gasteiger partial charge in [-0.2, -0.15) is 0 Å². The molecule has 0 radical (unpaired) electrons. The topological polar surface area (TPSA) is 12.9 Å². The number of nitrogens with zero attached hydrogens (tertiary/aromatic N) is 1. The van der Waals surface area contributed by atoms with Gasteiger partial charge in [-0.25, -0.2) is 4.98 Å².